The summed E-state index contributed by atoms with van der Waals surface area (Å²) in [7, 11) is -3.96. The van der Waals surface area contributed by atoms with Gasteiger partial charge in [0.1, 0.15) is 5.75 Å². The molecule has 10 nitrogen and oxygen atoms in total. The summed E-state index contributed by atoms with van der Waals surface area (Å²) in [6.45, 7) is 0.722. The Morgan fingerprint density at radius 2 is 1.91 bits per heavy atom. The number of pyridine rings is 1. The lowest BCUT2D eigenvalue weighted by molar-refractivity contribution is -0.122. The number of carbonyl (C=O) groups is 1. The Bertz CT molecular complexity index is 1190. The summed E-state index contributed by atoms with van der Waals surface area (Å²) in [6, 6.07) is 9.64. The molecule has 0 bridgehead atoms. The highest BCUT2D eigenvalue weighted by Crippen LogP contribution is 2.35. The van der Waals surface area contributed by atoms with Gasteiger partial charge in [-0.25, -0.2) is 8.42 Å². The number of hydrogen-bond donors (Lipinski definition) is 1. The third-order valence-electron chi connectivity index (χ3n) is 5.59. The summed E-state index contributed by atoms with van der Waals surface area (Å²) in [5.41, 5.74) is 6.28. The van der Waals surface area contributed by atoms with Crippen molar-refractivity contribution in [1.82, 2.24) is 15.1 Å². The number of nitrogens with two attached hydrogens (primary N) is 1. The molecule has 3 aromatic rings. The van der Waals surface area contributed by atoms with E-state index in [1.165, 1.54) is 12.1 Å². The summed E-state index contributed by atoms with van der Waals surface area (Å²) in [5.74, 6) is 0.635. The monoisotopic (exact) mass is 472 g/mol. The minimum absolute atomic E-state index is 0.0318. The lowest BCUT2D eigenvalue weighted by Crippen LogP contribution is -2.53. The van der Waals surface area contributed by atoms with Gasteiger partial charge in [-0.15, -0.1) is 0 Å². The van der Waals surface area contributed by atoms with E-state index in [4.69, 9.17) is 19.7 Å². The van der Waals surface area contributed by atoms with Crippen LogP contribution in [0.1, 0.15) is 25.2 Å². The molecule has 0 spiro atoms. The Morgan fingerprint density at radius 3 is 2.58 bits per heavy atom. The minimum Gasteiger partial charge on any atom is -0.494 e. The molecule has 0 radical (unpaired) electrons. The van der Waals surface area contributed by atoms with Crippen LogP contribution in [0.3, 0.4) is 0 Å². The van der Waals surface area contributed by atoms with Gasteiger partial charge < -0.3 is 19.7 Å². The second-order valence-corrected chi connectivity index (χ2v) is 9.91. The van der Waals surface area contributed by atoms with Crippen molar-refractivity contribution < 1.29 is 27.2 Å². The maximum absolute atomic E-state index is 13.2. The molecule has 1 aromatic carbocycles. The van der Waals surface area contributed by atoms with Gasteiger partial charge in [0.15, 0.2) is 14.6 Å². The number of ether oxygens (including phenoxy) is 2. The first kappa shape index (κ1) is 22.9. The van der Waals surface area contributed by atoms with Gasteiger partial charge in [0.25, 0.3) is 0 Å². The number of rotatable bonds is 9. The summed E-state index contributed by atoms with van der Waals surface area (Å²) >= 11 is 0. The van der Waals surface area contributed by atoms with Gasteiger partial charge in [-0.1, -0.05) is 5.16 Å². The quantitative estimate of drug-likeness (QED) is 0.461. The minimum atomic E-state index is -3.96. The molecule has 1 aliphatic heterocycles. The Labute approximate surface area is 191 Å². The Kier molecular flexibility index (Phi) is 6.70. The predicted molar refractivity (Wildman–Crippen MR) is 117 cm³/mol. The molecule has 0 aliphatic carbocycles. The average molecular weight is 473 g/mol. The largest absolute Gasteiger partial charge is 0.494 e. The maximum Gasteiger partial charge on any atom is 0.239 e. The maximum atomic E-state index is 13.2. The highest BCUT2D eigenvalue weighted by Gasteiger charge is 2.51. The highest BCUT2D eigenvalue weighted by atomic mass is 32.2. The van der Waals surface area contributed by atoms with Crippen molar-refractivity contribution in [3.8, 4) is 17.1 Å². The van der Waals surface area contributed by atoms with Crippen LogP contribution in [0.5, 0.6) is 5.75 Å². The standard InChI is InChI=1S/C22H24N4O6S/c23-21(27)22(9-13-30-14-10-22)33(28,29)18-7-5-17(6-8-18)31-12-2-4-19-25-20(26-32-19)16-3-1-11-24-15-16/h1,3,5-8,11,15H,2,4,9-10,12-14H2,(H2,23,27). The molecule has 1 saturated heterocycles. The Morgan fingerprint density at radius 1 is 1.15 bits per heavy atom. The van der Waals surface area contributed by atoms with Crippen molar-refractivity contribution >= 4 is 15.7 Å². The van der Waals surface area contributed by atoms with Gasteiger partial charge in [-0.2, -0.15) is 4.98 Å². The summed E-state index contributed by atoms with van der Waals surface area (Å²) < 4.78 is 40.8. The molecule has 1 aliphatic rings. The van der Waals surface area contributed by atoms with E-state index in [9.17, 15) is 13.2 Å². The number of primary amides is 1. The van der Waals surface area contributed by atoms with Gasteiger partial charge in [0.05, 0.1) is 11.5 Å². The van der Waals surface area contributed by atoms with Gasteiger partial charge in [0, 0.05) is 37.6 Å². The average Bonchev–Trinajstić information content (AvgIpc) is 3.32. The van der Waals surface area contributed by atoms with Crippen molar-refractivity contribution in [2.24, 2.45) is 5.73 Å². The third-order valence-corrected chi connectivity index (χ3v) is 8.12. The van der Waals surface area contributed by atoms with E-state index < -0.39 is 20.5 Å². The van der Waals surface area contributed by atoms with Crippen LogP contribution in [0.25, 0.3) is 11.4 Å². The van der Waals surface area contributed by atoms with Crippen LogP contribution in [0, 0.1) is 0 Å². The van der Waals surface area contributed by atoms with Crippen molar-refractivity contribution in [1.29, 1.82) is 0 Å². The molecule has 1 amide bonds. The Balaban J connectivity index is 1.33. The van der Waals surface area contributed by atoms with Crippen LogP contribution < -0.4 is 10.5 Å². The van der Waals surface area contributed by atoms with E-state index in [1.807, 2.05) is 6.07 Å². The lowest BCUT2D eigenvalue weighted by Gasteiger charge is -2.33. The predicted octanol–water partition coefficient (Wildman–Crippen LogP) is 1.95. The molecule has 0 saturated carbocycles. The molecule has 11 heteroatoms. The third kappa shape index (κ3) is 4.74. The summed E-state index contributed by atoms with van der Waals surface area (Å²) in [5, 5.41) is 3.95. The van der Waals surface area contributed by atoms with Crippen LogP contribution >= 0.6 is 0 Å². The molecule has 33 heavy (non-hydrogen) atoms. The lowest BCUT2D eigenvalue weighted by atomic mass is 9.98. The van der Waals surface area contributed by atoms with Gasteiger partial charge >= 0.3 is 0 Å². The zero-order valence-corrected chi connectivity index (χ0v) is 18.7. The van der Waals surface area contributed by atoms with Crippen molar-refractivity contribution in [3.05, 3.63) is 54.7 Å². The number of hydrogen-bond acceptors (Lipinski definition) is 9. The fourth-order valence-electron chi connectivity index (χ4n) is 3.67. The molecule has 1 fully saturated rings. The van der Waals surface area contributed by atoms with Gasteiger partial charge in [-0.3, -0.25) is 9.78 Å². The van der Waals surface area contributed by atoms with Crippen LogP contribution in [0.4, 0.5) is 0 Å². The first-order valence-corrected chi connectivity index (χ1v) is 12.0. The van der Waals surface area contributed by atoms with Crippen LogP contribution in [-0.4, -0.2) is 54.0 Å². The second-order valence-electron chi connectivity index (χ2n) is 7.65. The van der Waals surface area contributed by atoms with Crippen molar-refractivity contribution in [2.45, 2.75) is 35.3 Å². The van der Waals surface area contributed by atoms with E-state index >= 15 is 0 Å². The summed E-state index contributed by atoms with van der Waals surface area (Å²) in [4.78, 5) is 20.5. The van der Waals surface area contributed by atoms with Crippen LogP contribution in [-0.2, 0) is 25.8 Å². The molecular formula is C22H24N4O6S. The number of aryl methyl sites for hydroxylation is 1. The molecule has 0 unspecified atom stereocenters. The Hall–Kier alpha value is -3.31. The van der Waals surface area contributed by atoms with E-state index in [0.29, 0.717) is 36.9 Å². The zero-order valence-electron chi connectivity index (χ0n) is 17.8. The van der Waals surface area contributed by atoms with E-state index in [2.05, 4.69) is 15.1 Å². The van der Waals surface area contributed by atoms with Crippen molar-refractivity contribution in [3.63, 3.8) is 0 Å². The number of aromatic nitrogens is 3. The fourth-order valence-corrected chi connectivity index (χ4v) is 5.59. The van der Waals surface area contributed by atoms with Crippen molar-refractivity contribution in [2.75, 3.05) is 19.8 Å². The van der Waals surface area contributed by atoms with E-state index in [0.717, 1.165) is 5.56 Å². The number of sulfone groups is 1. The SMILES string of the molecule is NC(=O)C1(S(=O)(=O)c2ccc(OCCCc3nc(-c4cccnc4)no3)cc2)CCOCC1. The molecular weight excluding hydrogens is 448 g/mol. The smallest absolute Gasteiger partial charge is 0.239 e. The van der Waals surface area contributed by atoms with Crippen LogP contribution in [0.15, 0.2) is 58.2 Å². The molecule has 4 rings (SSSR count). The molecule has 0 atom stereocenters. The van der Waals surface area contributed by atoms with E-state index in [1.54, 1.807) is 30.6 Å². The van der Waals surface area contributed by atoms with Crippen LogP contribution in [0.2, 0.25) is 0 Å². The fraction of sp³-hybridized carbons (Fsp3) is 0.364. The zero-order chi connectivity index (χ0) is 23.3. The molecule has 2 aromatic heterocycles. The molecule has 174 valence electrons. The number of amides is 1. The highest BCUT2D eigenvalue weighted by molar-refractivity contribution is 7.93. The second kappa shape index (κ2) is 9.67. The van der Waals surface area contributed by atoms with Gasteiger partial charge in [-0.05, 0) is 55.7 Å². The molecule has 3 heterocycles. The summed E-state index contributed by atoms with van der Waals surface area (Å²) in [6.07, 6.45) is 4.57. The first-order chi connectivity index (χ1) is 15.9. The van der Waals surface area contributed by atoms with E-state index in [-0.39, 0.29) is 31.0 Å². The normalized spacial score (nSPS) is 15.8. The number of nitrogens with zero attached hydrogens (tertiary/aromatic N) is 3. The number of benzene rings is 1. The number of carbonyl (C=O) groups excluding carboxylic acids is 1. The first-order valence-electron chi connectivity index (χ1n) is 10.5. The molecule has 2 N–H and O–H groups in total. The van der Waals surface area contributed by atoms with Gasteiger partial charge in [0.2, 0.25) is 17.6 Å². The topological polar surface area (TPSA) is 148 Å².